The van der Waals surface area contributed by atoms with E-state index in [0.29, 0.717) is 26.4 Å². The minimum absolute atomic E-state index is 0.642. The van der Waals surface area contributed by atoms with Crippen molar-refractivity contribution in [3.05, 3.63) is 18.3 Å². The van der Waals surface area contributed by atoms with Gasteiger partial charge in [0.2, 0.25) is 0 Å². The van der Waals surface area contributed by atoms with E-state index in [1.807, 2.05) is 12.1 Å². The van der Waals surface area contributed by atoms with Gasteiger partial charge in [-0.2, -0.15) is 0 Å². The van der Waals surface area contributed by atoms with Gasteiger partial charge in [-0.1, -0.05) is 6.92 Å². The van der Waals surface area contributed by atoms with Crippen LogP contribution < -0.4 is 10.1 Å². The van der Waals surface area contributed by atoms with Crippen LogP contribution in [0.2, 0.25) is 0 Å². The summed E-state index contributed by atoms with van der Waals surface area (Å²) in [6.07, 6.45) is 3.67. The van der Waals surface area contributed by atoms with Gasteiger partial charge in [-0.25, -0.2) is 4.98 Å². The molecule has 0 saturated heterocycles. The molecule has 1 N–H and O–H groups in total. The molecule has 0 radical (unpaired) electrons. The average molecular weight is 268 g/mol. The Kier molecular flexibility index (Phi) is 8.76. The van der Waals surface area contributed by atoms with Crippen molar-refractivity contribution in [3.8, 4) is 5.75 Å². The fourth-order valence-electron chi connectivity index (χ4n) is 1.48. The van der Waals surface area contributed by atoms with Gasteiger partial charge in [0.15, 0.2) is 11.6 Å². The second-order valence-corrected chi connectivity index (χ2v) is 4.08. The highest BCUT2D eigenvalue weighted by Crippen LogP contribution is 2.20. The average Bonchev–Trinajstić information content (AvgIpc) is 2.45. The van der Waals surface area contributed by atoms with Crippen molar-refractivity contribution in [3.63, 3.8) is 0 Å². The second-order valence-electron chi connectivity index (χ2n) is 4.08. The number of nitrogens with zero attached hydrogens (tertiary/aromatic N) is 1. The summed E-state index contributed by atoms with van der Waals surface area (Å²) in [5.74, 6) is 1.61. The highest BCUT2D eigenvalue weighted by Gasteiger charge is 2.02. The quantitative estimate of drug-likeness (QED) is 0.624. The molecule has 1 aromatic rings. The lowest BCUT2D eigenvalue weighted by atomic mass is 10.4. The van der Waals surface area contributed by atoms with Crippen LogP contribution in [0.15, 0.2) is 18.3 Å². The summed E-state index contributed by atoms with van der Waals surface area (Å²) in [4.78, 5) is 4.28. The van der Waals surface area contributed by atoms with Crippen LogP contribution in [-0.2, 0) is 9.47 Å². The number of hydrogen-bond acceptors (Lipinski definition) is 5. The minimum Gasteiger partial charge on any atom is -0.490 e. The second kappa shape index (κ2) is 10.6. The Morgan fingerprint density at radius 1 is 1.21 bits per heavy atom. The fourth-order valence-corrected chi connectivity index (χ4v) is 1.48. The Labute approximate surface area is 115 Å². The molecule has 5 nitrogen and oxygen atoms in total. The van der Waals surface area contributed by atoms with Gasteiger partial charge in [0.1, 0.15) is 0 Å². The summed E-state index contributed by atoms with van der Waals surface area (Å²) in [5, 5.41) is 3.27. The Hall–Kier alpha value is -1.33. The molecular formula is C14H24N2O3. The van der Waals surface area contributed by atoms with Crippen LogP contribution in [0.1, 0.15) is 19.8 Å². The molecule has 0 unspecified atom stereocenters. The number of anilines is 1. The van der Waals surface area contributed by atoms with E-state index in [-0.39, 0.29) is 0 Å². The van der Waals surface area contributed by atoms with Crippen LogP contribution in [0.4, 0.5) is 5.82 Å². The fraction of sp³-hybridized carbons (Fsp3) is 0.643. The molecule has 0 aliphatic heterocycles. The zero-order valence-electron chi connectivity index (χ0n) is 11.9. The van der Waals surface area contributed by atoms with Gasteiger partial charge >= 0.3 is 0 Å². The largest absolute Gasteiger partial charge is 0.490 e. The van der Waals surface area contributed by atoms with Crippen molar-refractivity contribution in [2.45, 2.75) is 19.8 Å². The van der Waals surface area contributed by atoms with E-state index in [4.69, 9.17) is 14.2 Å². The maximum Gasteiger partial charge on any atom is 0.168 e. The lowest BCUT2D eigenvalue weighted by molar-refractivity contribution is 0.0705. The Bertz CT molecular complexity index is 334. The predicted octanol–water partition coefficient (Wildman–Crippen LogP) is 2.34. The third-order valence-electron chi connectivity index (χ3n) is 2.42. The molecule has 19 heavy (non-hydrogen) atoms. The first-order valence-electron chi connectivity index (χ1n) is 6.76. The van der Waals surface area contributed by atoms with Crippen LogP contribution in [0.5, 0.6) is 5.75 Å². The highest BCUT2D eigenvalue weighted by atomic mass is 16.5. The summed E-state index contributed by atoms with van der Waals surface area (Å²) in [6, 6.07) is 3.81. The van der Waals surface area contributed by atoms with Gasteiger partial charge in [0.25, 0.3) is 0 Å². The summed E-state index contributed by atoms with van der Waals surface area (Å²) in [6.45, 7) is 5.61. The Morgan fingerprint density at radius 2 is 2.11 bits per heavy atom. The summed E-state index contributed by atoms with van der Waals surface area (Å²) in [7, 11) is 1.67. The minimum atomic E-state index is 0.642. The highest BCUT2D eigenvalue weighted by molar-refractivity contribution is 5.49. The van der Waals surface area contributed by atoms with E-state index >= 15 is 0 Å². The Balaban J connectivity index is 2.21. The van der Waals surface area contributed by atoms with Gasteiger partial charge in [0, 0.05) is 26.5 Å². The van der Waals surface area contributed by atoms with Crippen LogP contribution in [0.3, 0.4) is 0 Å². The number of nitrogens with one attached hydrogen (secondary N) is 1. The smallest absolute Gasteiger partial charge is 0.168 e. The Morgan fingerprint density at radius 3 is 2.89 bits per heavy atom. The molecule has 0 saturated carbocycles. The van der Waals surface area contributed by atoms with Crippen molar-refractivity contribution in [1.29, 1.82) is 0 Å². The maximum atomic E-state index is 5.62. The van der Waals surface area contributed by atoms with Crippen LogP contribution in [-0.4, -0.2) is 45.1 Å². The van der Waals surface area contributed by atoms with E-state index < -0.39 is 0 Å². The maximum absolute atomic E-state index is 5.62. The number of aromatic nitrogens is 1. The van der Waals surface area contributed by atoms with Crippen LogP contribution >= 0.6 is 0 Å². The molecule has 1 rings (SSSR count). The molecule has 1 heterocycles. The first-order valence-corrected chi connectivity index (χ1v) is 6.76. The van der Waals surface area contributed by atoms with E-state index in [9.17, 15) is 0 Å². The van der Waals surface area contributed by atoms with E-state index in [2.05, 4.69) is 17.2 Å². The lowest BCUT2D eigenvalue weighted by Crippen LogP contribution is -2.10. The van der Waals surface area contributed by atoms with Crippen molar-refractivity contribution in [2.24, 2.45) is 0 Å². The third-order valence-corrected chi connectivity index (χ3v) is 2.42. The molecule has 0 bridgehead atoms. The summed E-state index contributed by atoms with van der Waals surface area (Å²) >= 11 is 0. The zero-order chi connectivity index (χ0) is 13.8. The van der Waals surface area contributed by atoms with Gasteiger partial charge in [-0.05, 0) is 25.0 Å². The molecule has 1 aromatic heterocycles. The number of hydrogen-bond donors (Lipinski definition) is 1. The predicted molar refractivity (Wildman–Crippen MR) is 75.8 cm³/mol. The molecule has 0 atom stereocenters. The van der Waals surface area contributed by atoms with Crippen molar-refractivity contribution in [1.82, 2.24) is 4.98 Å². The molecule has 0 aliphatic rings. The van der Waals surface area contributed by atoms with Crippen molar-refractivity contribution in [2.75, 3.05) is 45.4 Å². The first-order chi connectivity index (χ1) is 9.38. The summed E-state index contributed by atoms with van der Waals surface area (Å²) < 4.78 is 15.9. The molecule has 0 spiro atoms. The first kappa shape index (κ1) is 15.7. The monoisotopic (exact) mass is 268 g/mol. The topological polar surface area (TPSA) is 52.6 Å². The van der Waals surface area contributed by atoms with E-state index in [0.717, 1.165) is 31.0 Å². The molecule has 5 heteroatoms. The van der Waals surface area contributed by atoms with Gasteiger partial charge < -0.3 is 19.5 Å². The number of methoxy groups -OCH3 is 1. The zero-order valence-corrected chi connectivity index (χ0v) is 11.9. The molecule has 0 aliphatic carbocycles. The molecule has 0 amide bonds. The number of ether oxygens (including phenoxy) is 3. The normalized spacial score (nSPS) is 10.4. The van der Waals surface area contributed by atoms with Gasteiger partial charge in [0.05, 0.1) is 19.8 Å². The number of rotatable bonds is 11. The van der Waals surface area contributed by atoms with Crippen LogP contribution in [0.25, 0.3) is 0 Å². The molecule has 0 fully saturated rings. The third kappa shape index (κ3) is 6.98. The lowest BCUT2D eigenvalue weighted by Gasteiger charge is -2.11. The van der Waals surface area contributed by atoms with E-state index in [1.54, 1.807) is 13.3 Å². The standard InChI is InChI=1S/C14H24N2O3/c1-3-9-19-13-6-4-7-15-14(13)16-8-5-10-18-12-11-17-2/h4,6-7H,3,5,8-12H2,1-2H3,(H,15,16). The van der Waals surface area contributed by atoms with E-state index in [1.165, 1.54) is 0 Å². The van der Waals surface area contributed by atoms with Crippen LogP contribution in [0, 0.1) is 0 Å². The van der Waals surface area contributed by atoms with Gasteiger partial charge in [-0.15, -0.1) is 0 Å². The molecular weight excluding hydrogens is 244 g/mol. The van der Waals surface area contributed by atoms with Crippen molar-refractivity contribution >= 4 is 5.82 Å². The molecule has 108 valence electrons. The number of pyridine rings is 1. The summed E-state index contributed by atoms with van der Waals surface area (Å²) in [5.41, 5.74) is 0. The molecule has 0 aromatic carbocycles. The van der Waals surface area contributed by atoms with Gasteiger partial charge in [-0.3, -0.25) is 0 Å². The SMILES string of the molecule is CCCOc1cccnc1NCCCOCCOC. The van der Waals surface area contributed by atoms with Crippen molar-refractivity contribution < 1.29 is 14.2 Å².